The van der Waals surface area contributed by atoms with Crippen LogP contribution in [0.2, 0.25) is 0 Å². The molecule has 34 heavy (non-hydrogen) atoms. The molecule has 0 saturated carbocycles. The van der Waals surface area contributed by atoms with Crippen LogP contribution in [-0.2, 0) is 0 Å². The molecule has 8 heteroatoms. The maximum atomic E-state index is 13.3. The number of imide groups is 2. The van der Waals surface area contributed by atoms with E-state index in [4.69, 9.17) is 0 Å². The van der Waals surface area contributed by atoms with E-state index in [1.54, 1.807) is 48.5 Å². The molecule has 0 aliphatic carbocycles. The normalized spacial score (nSPS) is 14.6. The number of carbonyl (C=O) groups is 4. The summed E-state index contributed by atoms with van der Waals surface area (Å²) in [6.07, 6.45) is 0. The summed E-state index contributed by atoms with van der Waals surface area (Å²) in [6, 6.07) is 23.8. The zero-order valence-corrected chi connectivity index (χ0v) is 17.6. The van der Waals surface area contributed by atoms with Gasteiger partial charge < -0.3 is 0 Å². The second-order valence-corrected chi connectivity index (χ2v) is 7.92. The van der Waals surface area contributed by atoms with Crippen molar-refractivity contribution in [3.8, 4) is 0 Å². The molecule has 0 fully saturated rings. The minimum atomic E-state index is -0.560. The molecule has 0 radical (unpaired) electrons. The van der Waals surface area contributed by atoms with E-state index < -0.39 is 23.6 Å². The molecule has 0 spiro atoms. The van der Waals surface area contributed by atoms with Crippen LogP contribution in [0.4, 0.5) is 11.4 Å². The molecule has 0 aromatic heterocycles. The quantitative estimate of drug-likeness (QED) is 0.457. The van der Waals surface area contributed by atoms with Crippen LogP contribution in [0.25, 0.3) is 10.8 Å². The third-order valence-electron chi connectivity index (χ3n) is 5.92. The number of rotatable bonds is 4. The minimum absolute atomic E-state index is 0.240. The number of hydrogen-bond donors (Lipinski definition) is 2. The predicted molar refractivity (Wildman–Crippen MR) is 125 cm³/mol. The molecule has 2 aliphatic heterocycles. The Bertz CT molecular complexity index is 1350. The molecule has 4 amide bonds. The van der Waals surface area contributed by atoms with Crippen molar-refractivity contribution in [3.63, 3.8) is 0 Å². The average Bonchev–Trinajstić information content (AvgIpc) is 2.87. The van der Waals surface area contributed by atoms with E-state index >= 15 is 0 Å². The van der Waals surface area contributed by atoms with Crippen LogP contribution in [0, 0.1) is 0 Å². The Labute approximate surface area is 193 Å². The van der Waals surface area contributed by atoms with Crippen molar-refractivity contribution in [1.82, 2.24) is 10.0 Å². The number of anilines is 2. The lowest BCUT2D eigenvalue weighted by Gasteiger charge is -2.32. The van der Waals surface area contributed by atoms with Crippen LogP contribution < -0.4 is 10.9 Å². The first kappa shape index (κ1) is 19.7. The molecule has 0 saturated heterocycles. The van der Waals surface area contributed by atoms with Gasteiger partial charge in [-0.2, -0.15) is 10.0 Å². The molecule has 164 valence electrons. The van der Waals surface area contributed by atoms with Crippen LogP contribution in [0.15, 0.2) is 84.9 Å². The van der Waals surface area contributed by atoms with Crippen LogP contribution in [0.3, 0.4) is 0 Å². The summed E-state index contributed by atoms with van der Waals surface area (Å²) in [5, 5.41) is 2.53. The van der Waals surface area contributed by atoms with Crippen molar-refractivity contribution < 1.29 is 19.2 Å². The third kappa shape index (κ3) is 2.79. The molecule has 8 nitrogen and oxygen atoms in total. The summed E-state index contributed by atoms with van der Waals surface area (Å²) in [6.45, 7) is 0. The highest BCUT2D eigenvalue weighted by molar-refractivity contribution is 6.33. The van der Waals surface area contributed by atoms with Gasteiger partial charge in [0.2, 0.25) is 0 Å². The highest BCUT2D eigenvalue weighted by atomic mass is 16.2. The van der Waals surface area contributed by atoms with Gasteiger partial charge in [-0.15, -0.1) is 0 Å². The van der Waals surface area contributed by atoms with Gasteiger partial charge in [0.15, 0.2) is 0 Å². The molecule has 2 aliphatic rings. The number of amides is 4. The summed E-state index contributed by atoms with van der Waals surface area (Å²) < 4.78 is 0. The van der Waals surface area contributed by atoms with E-state index in [0.29, 0.717) is 22.1 Å². The Morgan fingerprint density at radius 3 is 1.00 bits per heavy atom. The Morgan fingerprint density at radius 2 is 0.706 bits per heavy atom. The number of hydrazine groups is 2. The fourth-order valence-electron chi connectivity index (χ4n) is 4.36. The lowest BCUT2D eigenvalue weighted by Crippen LogP contribution is -2.46. The monoisotopic (exact) mass is 448 g/mol. The Hall–Kier alpha value is -4.98. The van der Waals surface area contributed by atoms with Crippen molar-refractivity contribution in [2.24, 2.45) is 0 Å². The fraction of sp³-hybridized carbons (Fsp3) is 0. The van der Waals surface area contributed by atoms with E-state index in [1.165, 1.54) is 24.3 Å². The Balaban J connectivity index is 1.46. The lowest BCUT2D eigenvalue weighted by molar-refractivity contribution is 0.0627. The second kappa shape index (κ2) is 7.28. The molecule has 0 unspecified atom stereocenters. The molecule has 2 N–H and O–H groups in total. The summed E-state index contributed by atoms with van der Waals surface area (Å²) in [7, 11) is 0. The highest BCUT2D eigenvalue weighted by Crippen LogP contribution is 2.38. The zero-order chi connectivity index (χ0) is 23.4. The summed E-state index contributed by atoms with van der Waals surface area (Å²) in [4.78, 5) is 53.1. The third-order valence-corrected chi connectivity index (χ3v) is 5.92. The first-order valence-corrected chi connectivity index (χ1v) is 10.6. The van der Waals surface area contributed by atoms with Crippen molar-refractivity contribution in [1.29, 1.82) is 0 Å². The number of carbonyl (C=O) groups excluding carboxylic acids is 4. The molecule has 2 heterocycles. The van der Waals surface area contributed by atoms with Crippen LogP contribution in [-0.4, -0.2) is 33.6 Å². The molecule has 0 bridgehead atoms. The molecular weight excluding hydrogens is 432 g/mol. The minimum Gasteiger partial charge on any atom is -0.288 e. The molecule has 4 aromatic rings. The van der Waals surface area contributed by atoms with E-state index in [0.717, 1.165) is 10.0 Å². The van der Waals surface area contributed by atoms with Crippen molar-refractivity contribution in [3.05, 3.63) is 107 Å². The summed E-state index contributed by atoms with van der Waals surface area (Å²) in [5.41, 5.74) is 7.82. The van der Waals surface area contributed by atoms with E-state index in [1.807, 2.05) is 12.1 Å². The van der Waals surface area contributed by atoms with E-state index in [2.05, 4.69) is 10.9 Å². The maximum absolute atomic E-state index is 13.3. The van der Waals surface area contributed by atoms with Crippen LogP contribution >= 0.6 is 0 Å². The maximum Gasteiger partial charge on any atom is 0.280 e. The van der Waals surface area contributed by atoms with Gasteiger partial charge in [0.25, 0.3) is 23.6 Å². The second-order valence-electron chi connectivity index (χ2n) is 7.92. The van der Waals surface area contributed by atoms with Crippen LogP contribution in [0.1, 0.15) is 41.4 Å². The molecule has 6 rings (SSSR count). The van der Waals surface area contributed by atoms with Crippen molar-refractivity contribution >= 4 is 45.8 Å². The highest BCUT2D eigenvalue weighted by Gasteiger charge is 2.40. The van der Waals surface area contributed by atoms with Crippen LogP contribution in [0.5, 0.6) is 0 Å². The van der Waals surface area contributed by atoms with Gasteiger partial charge in [0.1, 0.15) is 0 Å². The van der Waals surface area contributed by atoms with Gasteiger partial charge in [-0.25, -0.2) is 0 Å². The predicted octanol–water partition coefficient (Wildman–Crippen LogP) is 4.09. The first-order chi connectivity index (χ1) is 16.5. The zero-order valence-electron chi connectivity index (χ0n) is 17.6. The van der Waals surface area contributed by atoms with Crippen molar-refractivity contribution in [2.75, 3.05) is 10.9 Å². The van der Waals surface area contributed by atoms with Gasteiger partial charge >= 0.3 is 0 Å². The van der Waals surface area contributed by atoms with Crippen molar-refractivity contribution in [2.45, 2.75) is 0 Å². The molecule has 4 aromatic carbocycles. The fourth-order valence-corrected chi connectivity index (χ4v) is 4.36. The van der Waals surface area contributed by atoms with Gasteiger partial charge in [-0.05, 0) is 48.5 Å². The number of benzene rings is 4. The number of hydrogen-bond acceptors (Lipinski definition) is 6. The van der Waals surface area contributed by atoms with Gasteiger partial charge in [-0.3, -0.25) is 30.0 Å². The standard InChI is InChI=1S/C26H16N4O4/c31-23-17-11-13-19-22-20(26(34)30(25(19)33)28-16-9-5-2-6-10-16)14-12-18(21(17)22)24(32)29(23)27-15-7-3-1-4-8-15/h1-14,27-28H. The lowest BCUT2D eigenvalue weighted by atomic mass is 9.86. The van der Waals surface area contributed by atoms with Gasteiger partial charge in [0.05, 0.1) is 33.6 Å². The first-order valence-electron chi connectivity index (χ1n) is 10.6. The van der Waals surface area contributed by atoms with E-state index in [-0.39, 0.29) is 22.3 Å². The van der Waals surface area contributed by atoms with Gasteiger partial charge in [-0.1, -0.05) is 36.4 Å². The summed E-state index contributed by atoms with van der Waals surface area (Å²) >= 11 is 0. The smallest absolute Gasteiger partial charge is 0.280 e. The largest absolute Gasteiger partial charge is 0.288 e. The molecular formula is C26H16N4O4. The average molecular weight is 448 g/mol. The topological polar surface area (TPSA) is 98.8 Å². The van der Waals surface area contributed by atoms with E-state index in [9.17, 15) is 19.2 Å². The number of nitrogens with one attached hydrogen (secondary N) is 2. The summed E-state index contributed by atoms with van der Waals surface area (Å²) in [5.74, 6) is -2.24. The Kier molecular flexibility index (Phi) is 4.21. The van der Waals surface area contributed by atoms with Gasteiger partial charge in [0, 0.05) is 10.8 Å². The molecule has 0 atom stereocenters. The number of nitrogens with zero attached hydrogens (tertiary/aromatic N) is 2. The SMILES string of the molecule is O=C1c2ccc3c4c(ccc(c24)C(=O)N1Nc1ccccc1)C(=O)N(Nc1ccccc1)C3=O. The Morgan fingerprint density at radius 1 is 0.412 bits per heavy atom. The number of para-hydroxylation sites is 2.